The van der Waals surface area contributed by atoms with Crippen LogP contribution in [0.5, 0.6) is 0 Å². The zero-order valence-electron chi connectivity index (χ0n) is 21.3. The minimum atomic E-state index is -1.78. The van der Waals surface area contributed by atoms with Crippen LogP contribution in [0.2, 0.25) is 37.3 Å². The molecule has 1 aliphatic heterocycles. The molecule has 0 N–H and O–H groups in total. The van der Waals surface area contributed by atoms with Crippen LogP contribution in [0, 0.1) is 11.8 Å². The molecule has 1 aliphatic carbocycles. The summed E-state index contributed by atoms with van der Waals surface area (Å²) in [5, 5.41) is 0. The van der Waals surface area contributed by atoms with Crippen LogP contribution in [-0.4, -0.2) is 29.7 Å². The Labute approximate surface area is 215 Å². The molecule has 0 bridgehead atoms. The molecule has 1 saturated carbocycles. The van der Waals surface area contributed by atoms with Gasteiger partial charge < -0.3 is 20.6 Å². The minimum Gasteiger partial charge on any atom is -0.688 e. The van der Waals surface area contributed by atoms with Crippen molar-refractivity contribution in [1.82, 2.24) is 0 Å². The average Bonchev–Trinajstić information content (AvgIpc) is 3.41. The fraction of sp³-hybridized carbons (Fsp3) is 0.519. The van der Waals surface area contributed by atoms with Gasteiger partial charge in [-0.1, -0.05) is 123 Å². The van der Waals surface area contributed by atoms with Crippen LogP contribution in [0.4, 0.5) is 11.4 Å². The molecule has 2 aliphatic rings. The standard InChI is InChI=1S/C23H33N2Si2.C4H8O.Cr/c1-18-17-22(26(3,4)24-20-13-9-7-10-14-20)19(2)23(18)27(5,6)25-21-15-11-8-12-16-21;1-2-4-5-3-1;/h7-16,18,22-23H,17H2,1-6H3;1-4H2;/q-3;;+3. The second-order valence-electron chi connectivity index (χ2n) is 10.5. The Bertz CT molecular complexity index is 808. The van der Waals surface area contributed by atoms with E-state index in [0.29, 0.717) is 17.0 Å². The Morgan fingerprint density at radius 2 is 1.24 bits per heavy atom. The van der Waals surface area contributed by atoms with Crippen molar-refractivity contribution in [1.29, 1.82) is 0 Å². The van der Waals surface area contributed by atoms with E-state index in [2.05, 4.69) is 101 Å². The fourth-order valence-corrected chi connectivity index (χ4v) is 13.0. The van der Waals surface area contributed by atoms with Crippen LogP contribution in [0.25, 0.3) is 9.96 Å². The first-order chi connectivity index (χ1) is 15.2. The minimum absolute atomic E-state index is 0. The van der Waals surface area contributed by atoms with Crippen LogP contribution in [0.1, 0.15) is 33.1 Å². The molecule has 2 aromatic rings. The van der Waals surface area contributed by atoms with Crippen molar-refractivity contribution in [3.8, 4) is 0 Å². The van der Waals surface area contributed by atoms with Gasteiger partial charge in [0.2, 0.25) is 0 Å². The van der Waals surface area contributed by atoms with Crippen LogP contribution >= 0.6 is 0 Å². The summed E-state index contributed by atoms with van der Waals surface area (Å²) in [6.07, 6.45) is 3.83. The van der Waals surface area contributed by atoms with Gasteiger partial charge in [0.05, 0.1) is 0 Å². The van der Waals surface area contributed by atoms with E-state index in [-0.39, 0.29) is 17.4 Å². The van der Waals surface area contributed by atoms with Gasteiger partial charge in [-0.05, 0) is 12.8 Å². The summed E-state index contributed by atoms with van der Waals surface area (Å²) in [4.78, 5) is 10.5. The van der Waals surface area contributed by atoms with E-state index >= 15 is 0 Å². The maximum absolute atomic E-state index is 5.28. The summed E-state index contributed by atoms with van der Waals surface area (Å²) < 4.78 is 4.94. The molecule has 0 spiro atoms. The molecule has 1 radical (unpaired) electrons. The first-order valence-corrected chi connectivity index (χ1v) is 18.2. The molecule has 1 heterocycles. The van der Waals surface area contributed by atoms with Crippen molar-refractivity contribution in [3.63, 3.8) is 0 Å². The van der Waals surface area contributed by atoms with E-state index in [1.54, 1.807) is 5.92 Å². The third kappa shape index (κ3) is 7.73. The van der Waals surface area contributed by atoms with Crippen molar-refractivity contribution >= 4 is 27.8 Å². The molecule has 6 heteroatoms. The van der Waals surface area contributed by atoms with Gasteiger partial charge in [0, 0.05) is 13.2 Å². The van der Waals surface area contributed by atoms with Crippen molar-refractivity contribution in [2.45, 2.75) is 70.4 Å². The van der Waals surface area contributed by atoms with Crippen molar-refractivity contribution in [2.24, 2.45) is 5.92 Å². The molecule has 179 valence electrons. The Morgan fingerprint density at radius 1 is 0.788 bits per heavy atom. The zero-order chi connectivity index (χ0) is 23.2. The summed E-state index contributed by atoms with van der Waals surface area (Å²) in [6.45, 7) is 16.6. The Hall–Kier alpha value is -1.03. The van der Waals surface area contributed by atoms with E-state index < -0.39 is 16.5 Å². The first kappa shape index (κ1) is 28.2. The maximum Gasteiger partial charge on any atom is 3.00 e. The number of nitrogens with zero attached hydrogens (tertiary/aromatic N) is 2. The summed E-state index contributed by atoms with van der Waals surface area (Å²) in [7, 11) is -3.54. The van der Waals surface area contributed by atoms with E-state index in [4.69, 9.17) is 14.7 Å². The van der Waals surface area contributed by atoms with Crippen molar-refractivity contribution < 1.29 is 22.1 Å². The molecular weight excluding hydrogens is 476 g/mol. The Balaban J connectivity index is 0.000000568. The molecular formula is C27H41CrN2OSi2. The molecule has 33 heavy (non-hydrogen) atoms. The number of hydrogen-bond donors (Lipinski definition) is 0. The molecule has 3 unspecified atom stereocenters. The SMILES string of the molecule is C1CCOC1.C[C-]1C([Si](C)(C)[N-]c2ccccc2)CC(C)C1[Si](C)(C)[N-]c1ccccc1.[Cr+3]. The Kier molecular flexibility index (Phi) is 10.8. The van der Waals surface area contributed by atoms with Crippen molar-refractivity contribution in [2.75, 3.05) is 13.2 Å². The van der Waals surface area contributed by atoms with Crippen LogP contribution < -0.4 is 0 Å². The summed E-state index contributed by atoms with van der Waals surface area (Å²) in [5.41, 5.74) is 3.57. The van der Waals surface area contributed by atoms with Gasteiger partial charge in [0.1, 0.15) is 0 Å². The largest absolute Gasteiger partial charge is 3.00 e. The van der Waals surface area contributed by atoms with Gasteiger partial charge in [-0.15, -0.1) is 11.4 Å². The molecule has 1 saturated heterocycles. The summed E-state index contributed by atoms with van der Waals surface area (Å²) in [6, 6.07) is 21.1. The molecule has 2 fully saturated rings. The van der Waals surface area contributed by atoms with Gasteiger partial charge in [0.25, 0.3) is 0 Å². The molecule has 0 aromatic heterocycles. The normalized spacial score (nSPS) is 23.3. The second kappa shape index (κ2) is 12.6. The molecule has 0 amide bonds. The molecule has 3 atom stereocenters. The average molecular weight is 518 g/mol. The summed E-state index contributed by atoms with van der Waals surface area (Å²) in [5.74, 6) is 2.37. The monoisotopic (exact) mass is 517 g/mol. The van der Waals surface area contributed by atoms with E-state index in [1.807, 2.05) is 0 Å². The molecule has 2 aromatic carbocycles. The number of benzene rings is 2. The molecule has 3 nitrogen and oxygen atoms in total. The van der Waals surface area contributed by atoms with E-state index in [9.17, 15) is 0 Å². The zero-order valence-corrected chi connectivity index (χ0v) is 24.5. The third-order valence-electron chi connectivity index (χ3n) is 7.00. The van der Waals surface area contributed by atoms with Gasteiger partial charge in [0.15, 0.2) is 0 Å². The van der Waals surface area contributed by atoms with Gasteiger partial charge in [-0.25, -0.2) is 0 Å². The predicted molar refractivity (Wildman–Crippen MR) is 144 cm³/mol. The van der Waals surface area contributed by atoms with Gasteiger partial charge in [-0.3, -0.25) is 0 Å². The van der Waals surface area contributed by atoms with Crippen LogP contribution in [-0.2, 0) is 22.1 Å². The smallest absolute Gasteiger partial charge is 0.688 e. The van der Waals surface area contributed by atoms with E-state index in [0.717, 1.165) is 24.6 Å². The van der Waals surface area contributed by atoms with Crippen molar-refractivity contribution in [3.05, 3.63) is 76.5 Å². The second-order valence-corrected chi connectivity index (χ2v) is 18.9. The summed E-state index contributed by atoms with van der Waals surface area (Å²) >= 11 is 0. The van der Waals surface area contributed by atoms with Gasteiger partial charge in [-0.2, -0.15) is 18.0 Å². The third-order valence-corrected chi connectivity index (χ3v) is 13.6. The topological polar surface area (TPSA) is 37.4 Å². The predicted octanol–water partition coefficient (Wildman–Crippen LogP) is 8.98. The van der Waals surface area contributed by atoms with Crippen LogP contribution in [0.15, 0.2) is 60.7 Å². The quantitative estimate of drug-likeness (QED) is 0.278. The first-order valence-electron chi connectivity index (χ1n) is 12.2. The number of hydrogen-bond acceptors (Lipinski definition) is 1. The number of ether oxygens (including phenoxy) is 1. The molecule has 4 rings (SSSR count). The Morgan fingerprint density at radius 3 is 1.67 bits per heavy atom. The van der Waals surface area contributed by atoms with E-state index in [1.165, 1.54) is 19.3 Å². The van der Waals surface area contributed by atoms with Crippen LogP contribution in [0.3, 0.4) is 0 Å². The number of rotatable bonds is 6. The fourth-order valence-electron chi connectivity index (χ4n) is 5.79. The maximum atomic E-state index is 5.28. The van der Waals surface area contributed by atoms with Gasteiger partial charge >= 0.3 is 17.4 Å².